The molecule has 9 nitrogen and oxygen atoms in total. The van der Waals surface area contributed by atoms with Gasteiger partial charge in [0, 0.05) is 60.7 Å². The molecule has 2 N–H and O–H groups in total. The maximum Gasteiger partial charge on any atom is 0.228 e. The number of nitrogens with one attached hydrogen (secondary N) is 2. The van der Waals surface area contributed by atoms with E-state index >= 15 is 0 Å². The zero-order chi connectivity index (χ0) is 32.4. The first-order valence-corrected chi connectivity index (χ1v) is 16.6. The number of rotatable bonds is 9. The Morgan fingerprint density at radius 1 is 1.11 bits per heavy atom. The van der Waals surface area contributed by atoms with Crippen molar-refractivity contribution >= 4 is 28.6 Å². The molecule has 3 atom stereocenters. The topological polar surface area (TPSA) is 108 Å². The molecule has 2 aromatic heterocycles. The van der Waals surface area contributed by atoms with Crippen molar-refractivity contribution in [1.82, 2.24) is 20.1 Å². The summed E-state index contributed by atoms with van der Waals surface area (Å²) in [7, 11) is 0. The van der Waals surface area contributed by atoms with Gasteiger partial charge in [0.2, 0.25) is 17.7 Å². The first-order valence-electron chi connectivity index (χ1n) is 16.6. The quantitative estimate of drug-likeness (QED) is 0.296. The van der Waals surface area contributed by atoms with E-state index in [1.54, 1.807) is 6.26 Å². The second-order valence-corrected chi connectivity index (χ2v) is 13.4. The van der Waals surface area contributed by atoms with Crippen molar-refractivity contribution in [1.29, 1.82) is 0 Å². The fraction of sp³-hybridized carbons (Fsp3) is 0.486. The van der Waals surface area contributed by atoms with Gasteiger partial charge in [-0.25, -0.2) is 0 Å². The average molecular weight is 627 g/mol. The molecule has 2 saturated heterocycles. The molecule has 3 aliphatic heterocycles. The Kier molecular flexibility index (Phi) is 9.22. The van der Waals surface area contributed by atoms with Crippen LogP contribution in [0.4, 0.5) is 0 Å². The van der Waals surface area contributed by atoms with E-state index in [0.717, 1.165) is 46.3 Å². The van der Waals surface area contributed by atoms with Crippen LogP contribution in [0.25, 0.3) is 22.2 Å². The summed E-state index contributed by atoms with van der Waals surface area (Å²) in [5, 5.41) is 4.09. The molecular weight excluding hydrogens is 580 g/mol. The number of hydrogen-bond donors (Lipinski definition) is 2. The van der Waals surface area contributed by atoms with Gasteiger partial charge in [0.1, 0.15) is 5.76 Å². The highest BCUT2D eigenvalue weighted by Crippen LogP contribution is 2.50. The van der Waals surface area contributed by atoms with Gasteiger partial charge >= 0.3 is 0 Å². The third kappa shape index (κ3) is 6.17. The summed E-state index contributed by atoms with van der Waals surface area (Å²) in [6.45, 7) is 11.3. The number of carbonyl (C=O) groups excluding carboxylic acids is 3. The molecule has 46 heavy (non-hydrogen) atoms. The van der Waals surface area contributed by atoms with Crippen LogP contribution in [0, 0.1) is 11.8 Å². The summed E-state index contributed by atoms with van der Waals surface area (Å²) in [6, 6.07) is 10.0. The lowest BCUT2D eigenvalue weighted by Gasteiger charge is -2.54. The number of piperidine rings is 1. The smallest absolute Gasteiger partial charge is 0.228 e. The van der Waals surface area contributed by atoms with Gasteiger partial charge < -0.3 is 29.3 Å². The van der Waals surface area contributed by atoms with Gasteiger partial charge in [-0.3, -0.25) is 14.4 Å². The van der Waals surface area contributed by atoms with E-state index in [0.29, 0.717) is 52.2 Å². The van der Waals surface area contributed by atoms with Gasteiger partial charge in [0.05, 0.1) is 30.9 Å². The summed E-state index contributed by atoms with van der Waals surface area (Å²) in [4.78, 5) is 49.1. The molecule has 5 heterocycles. The Bertz CT molecular complexity index is 1660. The fourth-order valence-electron chi connectivity index (χ4n) is 7.51. The fourth-order valence-corrected chi connectivity index (χ4v) is 7.51. The van der Waals surface area contributed by atoms with E-state index in [1.807, 2.05) is 34.9 Å². The number of amides is 3. The van der Waals surface area contributed by atoms with E-state index in [2.05, 4.69) is 55.3 Å². The molecule has 2 fully saturated rings. The molecule has 9 heteroatoms. The number of nitrogens with zero attached hydrogens (tertiary/aromatic N) is 2. The number of allylic oxidation sites excluding steroid dienone is 3. The van der Waals surface area contributed by atoms with Crippen molar-refractivity contribution in [2.45, 2.75) is 65.3 Å². The molecule has 3 aliphatic rings. The van der Waals surface area contributed by atoms with Gasteiger partial charge in [-0.2, -0.15) is 0 Å². The Balaban J connectivity index is 1.26. The molecule has 3 aromatic rings. The lowest BCUT2D eigenvalue weighted by Crippen LogP contribution is -2.65. The maximum atomic E-state index is 14.4. The van der Waals surface area contributed by atoms with E-state index in [9.17, 15) is 14.4 Å². The van der Waals surface area contributed by atoms with E-state index in [4.69, 9.17) is 9.15 Å². The molecule has 1 aromatic carbocycles. The molecular formula is C37H46N4O5. The van der Waals surface area contributed by atoms with Crippen LogP contribution in [0.5, 0.6) is 0 Å². The highest BCUT2D eigenvalue weighted by atomic mass is 16.5. The van der Waals surface area contributed by atoms with Crippen molar-refractivity contribution in [3.8, 4) is 11.3 Å². The number of ether oxygens (including phenoxy) is 1. The van der Waals surface area contributed by atoms with E-state index in [1.165, 1.54) is 11.1 Å². The lowest BCUT2D eigenvalue weighted by atomic mass is 9.67. The zero-order valence-electron chi connectivity index (χ0n) is 27.5. The zero-order valence-corrected chi connectivity index (χ0v) is 27.5. The number of carbonyl (C=O) groups is 3. The second kappa shape index (κ2) is 13.3. The number of aromatic nitrogens is 1. The van der Waals surface area contributed by atoms with Crippen LogP contribution in [-0.4, -0.2) is 71.9 Å². The number of benzene rings is 1. The molecule has 6 rings (SSSR count). The van der Waals surface area contributed by atoms with Crippen molar-refractivity contribution < 1.29 is 23.5 Å². The summed E-state index contributed by atoms with van der Waals surface area (Å²) < 4.78 is 11.2. The average Bonchev–Trinajstić information content (AvgIpc) is 3.71. The number of fused-ring (bicyclic) bond motifs is 5. The number of hydrogen-bond acceptors (Lipinski definition) is 5. The molecule has 0 bridgehead atoms. The van der Waals surface area contributed by atoms with Crippen LogP contribution in [-0.2, 0) is 31.1 Å². The molecule has 3 amide bonds. The van der Waals surface area contributed by atoms with Crippen LogP contribution < -0.4 is 5.32 Å². The standard InChI is InChI=1S/C37H46N4O5/c1-24(2)7-5-8-25(3)12-14-38-33(42)23-27-21-30(36(44)40-16-19-45-20-17-40)37(4)34-29(13-15-41(37)35(27)43)28-11-10-26(22-31(28)39-34)32-9-6-18-46-32/h6-7,9-12,18,22,27,30,39H,5,8,13-17,19-21,23H2,1-4H3,(H,38,42)/b25-12+/t27-,30-,37+/m1/s1. The summed E-state index contributed by atoms with van der Waals surface area (Å²) >= 11 is 0. The van der Waals surface area contributed by atoms with Crippen LogP contribution in [0.15, 0.2) is 64.3 Å². The van der Waals surface area contributed by atoms with Crippen LogP contribution in [0.1, 0.15) is 64.6 Å². The van der Waals surface area contributed by atoms with E-state index < -0.39 is 17.4 Å². The Morgan fingerprint density at radius 2 is 1.91 bits per heavy atom. The highest BCUT2D eigenvalue weighted by Gasteiger charge is 2.57. The maximum absolute atomic E-state index is 14.4. The Morgan fingerprint density at radius 3 is 2.65 bits per heavy atom. The van der Waals surface area contributed by atoms with Crippen molar-refractivity contribution in [2.75, 3.05) is 39.4 Å². The van der Waals surface area contributed by atoms with E-state index in [-0.39, 0.29) is 24.1 Å². The normalized spacial score (nSPS) is 23.2. The minimum Gasteiger partial charge on any atom is -0.464 e. The monoisotopic (exact) mass is 626 g/mol. The van der Waals surface area contributed by atoms with Crippen LogP contribution in [0.2, 0.25) is 0 Å². The largest absolute Gasteiger partial charge is 0.464 e. The summed E-state index contributed by atoms with van der Waals surface area (Å²) in [5.74, 6) is -0.492. The predicted molar refractivity (Wildman–Crippen MR) is 178 cm³/mol. The predicted octanol–water partition coefficient (Wildman–Crippen LogP) is 5.72. The summed E-state index contributed by atoms with van der Waals surface area (Å²) in [6.07, 6.45) is 8.90. The molecule has 0 radical (unpaired) electrons. The molecule has 0 unspecified atom stereocenters. The molecule has 0 aliphatic carbocycles. The van der Waals surface area contributed by atoms with Crippen LogP contribution in [0.3, 0.4) is 0 Å². The summed E-state index contributed by atoms with van der Waals surface area (Å²) in [5.41, 5.74) is 5.63. The van der Waals surface area contributed by atoms with Crippen molar-refractivity contribution in [3.63, 3.8) is 0 Å². The van der Waals surface area contributed by atoms with Crippen molar-refractivity contribution in [3.05, 3.63) is 71.2 Å². The number of morpholine rings is 1. The minimum absolute atomic E-state index is 0.0198. The SMILES string of the molecule is CC(C)=CCC/C(C)=C/CNC(=O)C[C@H]1C[C@H](C(=O)N2CCOCC2)[C@@]2(C)c3[nH]c4cc(-c5ccco5)ccc4c3CCN2C1=O. The molecule has 244 valence electrons. The number of H-pyrrole nitrogens is 1. The van der Waals surface area contributed by atoms with Gasteiger partial charge in [-0.15, -0.1) is 0 Å². The van der Waals surface area contributed by atoms with Crippen molar-refractivity contribution in [2.24, 2.45) is 11.8 Å². The van der Waals surface area contributed by atoms with Crippen LogP contribution >= 0.6 is 0 Å². The van der Waals surface area contributed by atoms with Gasteiger partial charge in [0.25, 0.3) is 0 Å². The Labute approximate surface area is 271 Å². The first-order chi connectivity index (χ1) is 22.2. The molecule has 0 saturated carbocycles. The third-order valence-electron chi connectivity index (χ3n) is 10.1. The first kappa shape index (κ1) is 31.9. The van der Waals surface area contributed by atoms with Gasteiger partial charge in [-0.05, 0) is 77.1 Å². The number of aromatic amines is 1. The lowest BCUT2D eigenvalue weighted by molar-refractivity contribution is -0.166. The number of furan rings is 1. The minimum atomic E-state index is -0.873. The van der Waals surface area contributed by atoms with Gasteiger partial charge in [0.15, 0.2) is 0 Å². The highest BCUT2D eigenvalue weighted by molar-refractivity contribution is 5.93. The third-order valence-corrected chi connectivity index (χ3v) is 10.1. The second-order valence-electron chi connectivity index (χ2n) is 13.4. The Hall–Kier alpha value is -4.11. The van der Waals surface area contributed by atoms with Gasteiger partial charge in [-0.1, -0.05) is 35.4 Å². The molecule has 0 spiro atoms.